The third kappa shape index (κ3) is 5.66. The summed E-state index contributed by atoms with van der Waals surface area (Å²) in [5.74, 6) is 1.48. The monoisotopic (exact) mass is 439 g/mol. The van der Waals surface area contributed by atoms with Crippen LogP contribution in [0.25, 0.3) is 0 Å². The Morgan fingerprint density at radius 3 is 2.53 bits per heavy atom. The van der Waals surface area contributed by atoms with Gasteiger partial charge in [0.25, 0.3) is 0 Å². The second-order valence-electron chi connectivity index (χ2n) is 8.30. The zero-order chi connectivity index (χ0) is 22.3. The number of ether oxygens (including phenoxy) is 2. The highest BCUT2D eigenvalue weighted by atomic mass is 16.5. The van der Waals surface area contributed by atoms with Gasteiger partial charge in [0.15, 0.2) is 0 Å². The van der Waals surface area contributed by atoms with E-state index in [9.17, 15) is 9.59 Å². The fourth-order valence-electron chi connectivity index (χ4n) is 4.20. The number of piperidine rings is 1. The summed E-state index contributed by atoms with van der Waals surface area (Å²) in [5.41, 5.74) is 0.745. The number of hydrogen-bond donors (Lipinski definition) is 1. The van der Waals surface area contributed by atoms with Crippen molar-refractivity contribution in [1.82, 2.24) is 19.8 Å². The summed E-state index contributed by atoms with van der Waals surface area (Å²) in [6.07, 6.45) is 5.55. The lowest BCUT2D eigenvalue weighted by Gasteiger charge is -2.34. The van der Waals surface area contributed by atoms with Gasteiger partial charge in [-0.1, -0.05) is 0 Å². The van der Waals surface area contributed by atoms with E-state index in [4.69, 9.17) is 9.47 Å². The van der Waals surface area contributed by atoms with Gasteiger partial charge in [0.05, 0.1) is 13.7 Å². The molecule has 1 aromatic carbocycles. The second-order valence-corrected chi connectivity index (χ2v) is 8.30. The predicted molar refractivity (Wildman–Crippen MR) is 119 cm³/mol. The number of amides is 3. The third-order valence-electron chi connectivity index (χ3n) is 6.01. The van der Waals surface area contributed by atoms with Crippen LogP contribution < -0.4 is 14.8 Å². The Balaban J connectivity index is 1.19. The predicted octanol–water partition coefficient (Wildman–Crippen LogP) is 2.66. The topological polar surface area (TPSA) is 96.9 Å². The minimum Gasteiger partial charge on any atom is -0.497 e. The van der Waals surface area contributed by atoms with Gasteiger partial charge in [0.2, 0.25) is 5.91 Å². The summed E-state index contributed by atoms with van der Waals surface area (Å²) >= 11 is 0. The summed E-state index contributed by atoms with van der Waals surface area (Å²) in [6.45, 7) is 3.25. The maximum absolute atomic E-state index is 12.6. The molecule has 0 bridgehead atoms. The average Bonchev–Trinajstić information content (AvgIpc) is 3.18. The number of hydrogen-bond acceptors (Lipinski definition) is 6. The highest BCUT2D eigenvalue weighted by Crippen LogP contribution is 2.25. The van der Waals surface area contributed by atoms with Gasteiger partial charge in [-0.3, -0.25) is 4.79 Å². The molecule has 2 aliphatic rings. The first kappa shape index (κ1) is 21.9. The minimum absolute atomic E-state index is 0.0915. The lowest BCUT2D eigenvalue weighted by molar-refractivity contribution is -0.128. The van der Waals surface area contributed by atoms with E-state index in [2.05, 4.69) is 15.3 Å². The SMILES string of the molecule is COc1ccc(NC(=O)N2CCC(CN3CC(COc4ncccn4)CC3=O)CC2)cc1. The summed E-state index contributed by atoms with van der Waals surface area (Å²) in [4.78, 5) is 36.9. The molecule has 1 unspecified atom stereocenters. The maximum atomic E-state index is 12.6. The van der Waals surface area contributed by atoms with Crippen LogP contribution in [0.5, 0.6) is 11.8 Å². The highest BCUT2D eigenvalue weighted by molar-refractivity contribution is 5.89. The molecular weight excluding hydrogens is 410 g/mol. The first-order chi connectivity index (χ1) is 15.6. The second kappa shape index (κ2) is 10.3. The molecule has 2 aromatic rings. The van der Waals surface area contributed by atoms with Crippen LogP contribution in [-0.4, -0.2) is 71.6 Å². The largest absolute Gasteiger partial charge is 0.497 e. The van der Waals surface area contributed by atoms with Crippen LogP contribution in [-0.2, 0) is 4.79 Å². The number of benzene rings is 1. The van der Waals surface area contributed by atoms with E-state index >= 15 is 0 Å². The molecule has 3 amide bonds. The third-order valence-corrected chi connectivity index (χ3v) is 6.01. The van der Waals surface area contributed by atoms with Crippen LogP contribution in [0.15, 0.2) is 42.7 Å². The van der Waals surface area contributed by atoms with E-state index in [0.717, 1.165) is 30.8 Å². The quantitative estimate of drug-likeness (QED) is 0.713. The Bertz CT molecular complexity index is 900. The van der Waals surface area contributed by atoms with Crippen molar-refractivity contribution in [3.63, 3.8) is 0 Å². The highest BCUT2D eigenvalue weighted by Gasteiger charge is 2.33. The number of likely N-dealkylation sites (tertiary alicyclic amines) is 2. The standard InChI is InChI=1S/C23H29N5O4/c1-31-20-5-3-19(4-6-20)26-23(30)27-11-7-17(8-12-27)14-28-15-18(13-21(28)29)16-32-22-24-9-2-10-25-22/h2-6,9-10,17-18H,7-8,11-16H2,1H3,(H,26,30). The number of nitrogens with zero attached hydrogens (tertiary/aromatic N) is 4. The molecule has 4 rings (SSSR count). The van der Waals surface area contributed by atoms with Crippen molar-refractivity contribution in [3.05, 3.63) is 42.7 Å². The molecule has 170 valence electrons. The molecule has 0 radical (unpaired) electrons. The maximum Gasteiger partial charge on any atom is 0.321 e. The first-order valence-corrected chi connectivity index (χ1v) is 11.0. The Morgan fingerprint density at radius 1 is 1.12 bits per heavy atom. The number of nitrogens with one attached hydrogen (secondary N) is 1. The Labute approximate surface area is 187 Å². The average molecular weight is 440 g/mol. The van der Waals surface area contributed by atoms with Gasteiger partial charge in [0, 0.05) is 56.6 Å². The smallest absolute Gasteiger partial charge is 0.321 e. The zero-order valence-corrected chi connectivity index (χ0v) is 18.3. The molecule has 1 atom stereocenters. The normalized spacial score (nSPS) is 19.2. The van der Waals surface area contributed by atoms with Crippen LogP contribution in [0, 0.1) is 11.8 Å². The van der Waals surface area contributed by atoms with Crippen LogP contribution >= 0.6 is 0 Å². The Kier molecular flexibility index (Phi) is 7.03. The molecule has 3 heterocycles. The van der Waals surface area contributed by atoms with Gasteiger partial charge in [-0.05, 0) is 49.1 Å². The van der Waals surface area contributed by atoms with Crippen molar-refractivity contribution in [3.8, 4) is 11.8 Å². The van der Waals surface area contributed by atoms with Crippen molar-refractivity contribution < 1.29 is 19.1 Å². The van der Waals surface area contributed by atoms with Gasteiger partial charge in [0.1, 0.15) is 5.75 Å². The Hall–Kier alpha value is -3.36. The van der Waals surface area contributed by atoms with Gasteiger partial charge < -0.3 is 24.6 Å². The number of anilines is 1. The number of carbonyl (C=O) groups excluding carboxylic acids is 2. The molecule has 32 heavy (non-hydrogen) atoms. The molecule has 1 aromatic heterocycles. The van der Waals surface area contributed by atoms with E-state index < -0.39 is 0 Å². The van der Waals surface area contributed by atoms with Gasteiger partial charge in [-0.2, -0.15) is 0 Å². The van der Waals surface area contributed by atoms with Crippen LogP contribution in [0.1, 0.15) is 19.3 Å². The summed E-state index contributed by atoms with van der Waals surface area (Å²) in [7, 11) is 1.61. The lowest BCUT2D eigenvalue weighted by Crippen LogP contribution is -2.43. The number of aromatic nitrogens is 2. The van der Waals surface area contributed by atoms with E-state index in [1.807, 2.05) is 34.1 Å². The molecule has 0 spiro atoms. The van der Waals surface area contributed by atoms with Crippen molar-refractivity contribution in [2.24, 2.45) is 11.8 Å². The van der Waals surface area contributed by atoms with E-state index in [1.54, 1.807) is 25.6 Å². The summed E-state index contributed by atoms with van der Waals surface area (Å²) in [6, 6.07) is 9.28. The molecule has 0 aliphatic carbocycles. The Morgan fingerprint density at radius 2 is 1.84 bits per heavy atom. The van der Waals surface area contributed by atoms with E-state index in [1.165, 1.54) is 0 Å². The number of urea groups is 1. The zero-order valence-electron chi connectivity index (χ0n) is 18.3. The van der Waals surface area contributed by atoms with Gasteiger partial charge in [-0.15, -0.1) is 0 Å². The summed E-state index contributed by atoms with van der Waals surface area (Å²) < 4.78 is 10.8. The summed E-state index contributed by atoms with van der Waals surface area (Å²) in [5, 5.41) is 2.93. The number of rotatable bonds is 7. The molecular formula is C23H29N5O4. The molecule has 0 saturated carbocycles. The lowest BCUT2D eigenvalue weighted by atomic mass is 9.96. The fourth-order valence-corrected chi connectivity index (χ4v) is 4.20. The van der Waals surface area contributed by atoms with E-state index in [0.29, 0.717) is 44.6 Å². The van der Waals surface area contributed by atoms with Crippen LogP contribution in [0.3, 0.4) is 0 Å². The molecule has 9 heteroatoms. The van der Waals surface area contributed by atoms with Crippen LogP contribution in [0.4, 0.5) is 10.5 Å². The number of methoxy groups -OCH3 is 1. The minimum atomic E-state index is -0.0915. The fraction of sp³-hybridized carbons (Fsp3) is 0.478. The van der Waals surface area contributed by atoms with Crippen LogP contribution in [0.2, 0.25) is 0 Å². The molecule has 2 saturated heterocycles. The molecule has 2 aliphatic heterocycles. The van der Waals surface area contributed by atoms with E-state index in [-0.39, 0.29) is 17.9 Å². The molecule has 9 nitrogen and oxygen atoms in total. The molecule has 2 fully saturated rings. The molecule has 1 N–H and O–H groups in total. The van der Waals surface area contributed by atoms with Gasteiger partial charge in [-0.25, -0.2) is 14.8 Å². The van der Waals surface area contributed by atoms with Gasteiger partial charge >= 0.3 is 12.0 Å². The first-order valence-electron chi connectivity index (χ1n) is 11.0. The van der Waals surface area contributed by atoms with Crippen molar-refractivity contribution in [2.45, 2.75) is 19.3 Å². The van der Waals surface area contributed by atoms with Crippen molar-refractivity contribution in [2.75, 3.05) is 45.2 Å². The van der Waals surface area contributed by atoms with Crippen molar-refractivity contribution in [1.29, 1.82) is 0 Å². The van der Waals surface area contributed by atoms with Crippen molar-refractivity contribution >= 4 is 17.6 Å². The number of carbonyl (C=O) groups is 2.